The van der Waals surface area contributed by atoms with E-state index < -0.39 is 40.7 Å². The van der Waals surface area contributed by atoms with Crippen LogP contribution in [0.3, 0.4) is 0 Å². The van der Waals surface area contributed by atoms with Crippen molar-refractivity contribution >= 4 is 17.7 Å². The molecule has 0 bridgehead atoms. The maximum absolute atomic E-state index is 12.7. The summed E-state index contributed by atoms with van der Waals surface area (Å²) in [7, 11) is 0. The molecule has 110 valence electrons. The number of halogens is 6. The summed E-state index contributed by atoms with van der Waals surface area (Å²) in [5.74, 6) is -1.47. The highest BCUT2D eigenvalue weighted by atomic mass is 19.4. The molecule has 0 heterocycles. The molecule has 0 aliphatic heterocycles. The highest BCUT2D eigenvalue weighted by Crippen LogP contribution is 2.44. The fourth-order valence-corrected chi connectivity index (χ4v) is 1.48. The van der Waals surface area contributed by atoms with Crippen LogP contribution in [0.5, 0.6) is 0 Å². The largest absolute Gasteiger partial charge is 0.478 e. The Labute approximate surface area is 108 Å². The minimum atomic E-state index is -5.32. The Bertz CT molecular complexity index is 559. The highest BCUT2D eigenvalue weighted by molar-refractivity contribution is 5.87. The molecular formula is C11H7F6NO2. The zero-order valence-corrected chi connectivity index (χ0v) is 9.51. The molecule has 1 aromatic carbocycles. The molecule has 0 fully saturated rings. The van der Waals surface area contributed by atoms with Crippen molar-refractivity contribution < 1.29 is 36.2 Å². The van der Waals surface area contributed by atoms with E-state index in [1.54, 1.807) is 0 Å². The fraction of sp³-hybridized carbons (Fsp3) is 0.182. The number of anilines is 1. The Morgan fingerprint density at radius 2 is 1.65 bits per heavy atom. The molecular weight excluding hydrogens is 292 g/mol. The molecule has 3 N–H and O–H groups in total. The first-order valence-corrected chi connectivity index (χ1v) is 4.92. The quantitative estimate of drug-likeness (QED) is 0.500. The molecule has 0 amide bonds. The summed E-state index contributed by atoms with van der Waals surface area (Å²) in [6.07, 6.45) is -9.39. The van der Waals surface area contributed by atoms with Crippen molar-refractivity contribution in [2.75, 3.05) is 5.73 Å². The number of nitrogen functional groups attached to an aromatic ring is 1. The molecule has 1 rings (SSSR count). The first kappa shape index (κ1) is 15.9. The van der Waals surface area contributed by atoms with Crippen LogP contribution in [0.25, 0.3) is 6.08 Å². The van der Waals surface area contributed by atoms with Crippen LogP contribution >= 0.6 is 0 Å². The topological polar surface area (TPSA) is 63.3 Å². The SMILES string of the molecule is Nc1c(/C=C/C(=O)O)ccc(C(F)(F)F)c1C(F)(F)F. The Morgan fingerprint density at radius 3 is 2.05 bits per heavy atom. The maximum atomic E-state index is 12.7. The summed E-state index contributed by atoms with van der Waals surface area (Å²) in [5.41, 5.74) is -0.504. The van der Waals surface area contributed by atoms with E-state index in [1.807, 2.05) is 0 Å². The number of carboxylic acids is 1. The highest BCUT2D eigenvalue weighted by Gasteiger charge is 2.45. The number of hydrogen-bond acceptors (Lipinski definition) is 2. The number of rotatable bonds is 2. The van der Waals surface area contributed by atoms with Gasteiger partial charge >= 0.3 is 18.3 Å². The number of carboxylic acid groups (broad SMARTS) is 1. The van der Waals surface area contributed by atoms with Crippen molar-refractivity contribution in [3.05, 3.63) is 34.9 Å². The van der Waals surface area contributed by atoms with Gasteiger partial charge in [-0.3, -0.25) is 0 Å². The third-order valence-electron chi connectivity index (χ3n) is 2.27. The second-order valence-electron chi connectivity index (χ2n) is 3.66. The summed E-state index contributed by atoms with van der Waals surface area (Å²) in [4.78, 5) is 10.3. The summed E-state index contributed by atoms with van der Waals surface area (Å²) >= 11 is 0. The molecule has 0 aromatic heterocycles. The molecule has 0 saturated carbocycles. The monoisotopic (exact) mass is 299 g/mol. The van der Waals surface area contributed by atoms with Gasteiger partial charge in [-0.15, -0.1) is 0 Å². The minimum Gasteiger partial charge on any atom is -0.478 e. The van der Waals surface area contributed by atoms with Gasteiger partial charge < -0.3 is 10.8 Å². The van der Waals surface area contributed by atoms with Gasteiger partial charge in [-0.2, -0.15) is 26.3 Å². The smallest absolute Gasteiger partial charge is 0.419 e. The van der Waals surface area contributed by atoms with Crippen LogP contribution in [0.15, 0.2) is 18.2 Å². The first-order valence-electron chi connectivity index (χ1n) is 4.92. The van der Waals surface area contributed by atoms with E-state index in [0.717, 1.165) is 0 Å². The number of benzene rings is 1. The average Bonchev–Trinajstić information content (AvgIpc) is 2.23. The zero-order chi connectivity index (χ0) is 15.7. The van der Waals surface area contributed by atoms with E-state index in [1.165, 1.54) is 0 Å². The molecule has 1 aromatic rings. The van der Waals surface area contributed by atoms with Crippen LogP contribution in [-0.2, 0) is 17.1 Å². The van der Waals surface area contributed by atoms with Crippen LogP contribution in [0.2, 0.25) is 0 Å². The van der Waals surface area contributed by atoms with Gasteiger partial charge in [0.15, 0.2) is 0 Å². The predicted octanol–water partition coefficient (Wildman–Crippen LogP) is 3.40. The lowest BCUT2D eigenvalue weighted by atomic mass is 9.99. The van der Waals surface area contributed by atoms with Gasteiger partial charge in [0.1, 0.15) is 0 Å². The molecule has 0 saturated heterocycles. The maximum Gasteiger partial charge on any atom is 0.419 e. The Balaban J connectivity index is 3.56. The lowest BCUT2D eigenvalue weighted by molar-refractivity contribution is -0.161. The van der Waals surface area contributed by atoms with Gasteiger partial charge in [0, 0.05) is 6.08 Å². The van der Waals surface area contributed by atoms with Crippen LogP contribution in [0.4, 0.5) is 32.0 Å². The van der Waals surface area contributed by atoms with Gasteiger partial charge in [0.2, 0.25) is 0 Å². The number of alkyl halides is 6. The summed E-state index contributed by atoms with van der Waals surface area (Å²) < 4.78 is 75.7. The van der Waals surface area contributed by atoms with Gasteiger partial charge in [-0.05, 0) is 17.7 Å². The summed E-state index contributed by atoms with van der Waals surface area (Å²) in [6, 6.07) is 0.882. The molecule has 0 aliphatic rings. The van der Waals surface area contributed by atoms with E-state index in [9.17, 15) is 31.1 Å². The molecule has 0 unspecified atom stereocenters. The van der Waals surface area contributed by atoms with Gasteiger partial charge in [-0.1, -0.05) is 6.07 Å². The standard InChI is InChI=1S/C11H7F6NO2/c12-10(13,14)6-3-1-5(2-4-7(19)20)9(18)8(6)11(15,16)17/h1-4H,18H2,(H,19,20)/b4-2+. The molecule has 20 heavy (non-hydrogen) atoms. The van der Waals surface area contributed by atoms with Crippen molar-refractivity contribution in [3.8, 4) is 0 Å². The molecule has 0 aliphatic carbocycles. The molecule has 0 atom stereocenters. The Hall–Kier alpha value is -2.19. The summed E-state index contributed by atoms with van der Waals surface area (Å²) in [6.45, 7) is 0. The van der Waals surface area contributed by atoms with Crippen molar-refractivity contribution in [1.29, 1.82) is 0 Å². The van der Waals surface area contributed by atoms with Crippen molar-refractivity contribution in [3.63, 3.8) is 0 Å². The molecule has 9 heteroatoms. The van der Waals surface area contributed by atoms with E-state index in [2.05, 4.69) is 0 Å². The van der Waals surface area contributed by atoms with Gasteiger partial charge in [0.05, 0.1) is 16.8 Å². The number of carbonyl (C=O) groups is 1. The zero-order valence-electron chi connectivity index (χ0n) is 9.51. The van der Waals surface area contributed by atoms with Crippen LogP contribution in [0, 0.1) is 0 Å². The van der Waals surface area contributed by atoms with Gasteiger partial charge in [-0.25, -0.2) is 4.79 Å². The number of aliphatic carboxylic acids is 1. The Kier molecular flexibility index (Phi) is 4.02. The normalized spacial score (nSPS) is 12.9. The first-order chi connectivity index (χ1) is 8.94. The average molecular weight is 299 g/mol. The third kappa shape index (κ3) is 3.43. The van der Waals surface area contributed by atoms with E-state index in [0.29, 0.717) is 18.2 Å². The lowest BCUT2D eigenvalue weighted by Gasteiger charge is -2.18. The predicted molar refractivity (Wildman–Crippen MR) is 57.5 cm³/mol. The van der Waals surface area contributed by atoms with Crippen LogP contribution in [-0.4, -0.2) is 11.1 Å². The van der Waals surface area contributed by atoms with Crippen LogP contribution in [0.1, 0.15) is 16.7 Å². The fourth-order valence-electron chi connectivity index (χ4n) is 1.48. The van der Waals surface area contributed by atoms with Crippen molar-refractivity contribution in [1.82, 2.24) is 0 Å². The Morgan fingerprint density at radius 1 is 1.10 bits per heavy atom. The molecule has 3 nitrogen and oxygen atoms in total. The van der Waals surface area contributed by atoms with Gasteiger partial charge in [0.25, 0.3) is 0 Å². The number of nitrogens with two attached hydrogens (primary N) is 1. The molecule has 0 radical (unpaired) electrons. The van der Waals surface area contributed by atoms with Crippen LogP contribution < -0.4 is 5.73 Å². The molecule has 0 spiro atoms. The lowest BCUT2D eigenvalue weighted by Crippen LogP contribution is -2.19. The number of hydrogen-bond donors (Lipinski definition) is 2. The van der Waals surface area contributed by atoms with Crippen molar-refractivity contribution in [2.24, 2.45) is 0 Å². The summed E-state index contributed by atoms with van der Waals surface area (Å²) in [5, 5.41) is 8.35. The minimum absolute atomic E-state index is 0.209. The second-order valence-corrected chi connectivity index (χ2v) is 3.66. The van der Waals surface area contributed by atoms with E-state index in [-0.39, 0.29) is 6.07 Å². The van der Waals surface area contributed by atoms with Crippen molar-refractivity contribution in [2.45, 2.75) is 12.4 Å². The van der Waals surface area contributed by atoms with E-state index >= 15 is 0 Å². The third-order valence-corrected chi connectivity index (χ3v) is 2.27. The van der Waals surface area contributed by atoms with E-state index in [4.69, 9.17) is 10.8 Å². The second kappa shape index (κ2) is 5.06.